The minimum Gasteiger partial charge on any atom is -0.497 e. The van der Waals surface area contributed by atoms with E-state index < -0.39 is 0 Å². The largest absolute Gasteiger partial charge is 0.497 e. The molecule has 0 spiro atoms. The highest BCUT2D eigenvalue weighted by molar-refractivity contribution is 5.93. The quantitative estimate of drug-likeness (QED) is 0.532. The number of rotatable bonds is 9. The van der Waals surface area contributed by atoms with Crippen molar-refractivity contribution >= 4 is 5.91 Å². The number of ether oxygens (including phenoxy) is 3. The van der Waals surface area contributed by atoms with E-state index in [9.17, 15) is 4.79 Å². The number of nitrogens with zero attached hydrogens (tertiary/aromatic N) is 2. The number of carbonyl (C=O) groups is 1. The molecule has 0 radical (unpaired) electrons. The molecule has 3 aromatic rings. The topological polar surface area (TPSA) is 86.1 Å². The number of nitrogens with one attached hydrogen (secondary N) is 1. The Labute approximate surface area is 193 Å². The van der Waals surface area contributed by atoms with Gasteiger partial charge in [-0.3, -0.25) is 9.69 Å². The Hall–Kier alpha value is -3.36. The number of morpholine rings is 1. The van der Waals surface area contributed by atoms with Crippen molar-refractivity contribution in [1.29, 1.82) is 0 Å². The number of carbonyl (C=O) groups excluding carboxylic acids is 1. The van der Waals surface area contributed by atoms with Gasteiger partial charge in [0.15, 0.2) is 11.5 Å². The Balaban J connectivity index is 1.44. The number of hydrogen-bond acceptors (Lipinski definition) is 7. The maximum atomic E-state index is 12.8. The molecule has 1 aliphatic heterocycles. The van der Waals surface area contributed by atoms with Crippen LogP contribution in [0.3, 0.4) is 0 Å². The summed E-state index contributed by atoms with van der Waals surface area (Å²) in [5, 5.41) is 6.98. The van der Waals surface area contributed by atoms with Gasteiger partial charge in [0, 0.05) is 31.3 Å². The van der Waals surface area contributed by atoms with Gasteiger partial charge >= 0.3 is 0 Å². The van der Waals surface area contributed by atoms with Gasteiger partial charge in [0.05, 0.1) is 33.0 Å². The third-order valence-electron chi connectivity index (χ3n) is 5.64. The molecule has 1 fully saturated rings. The Bertz CT molecular complexity index is 1030. The van der Waals surface area contributed by atoms with Crippen molar-refractivity contribution in [3.63, 3.8) is 0 Å². The molecule has 1 aromatic heterocycles. The zero-order chi connectivity index (χ0) is 23.0. The molecule has 174 valence electrons. The normalized spacial score (nSPS) is 15.1. The van der Waals surface area contributed by atoms with E-state index in [1.54, 1.807) is 13.2 Å². The second-order valence-corrected chi connectivity index (χ2v) is 7.68. The van der Waals surface area contributed by atoms with Crippen LogP contribution >= 0.6 is 0 Å². The van der Waals surface area contributed by atoms with E-state index in [0.29, 0.717) is 32.1 Å². The second kappa shape index (κ2) is 11.0. The summed E-state index contributed by atoms with van der Waals surface area (Å²) < 4.78 is 21.7. The molecule has 0 saturated carbocycles. The van der Waals surface area contributed by atoms with E-state index in [1.165, 1.54) is 0 Å². The summed E-state index contributed by atoms with van der Waals surface area (Å²) >= 11 is 0. The van der Waals surface area contributed by atoms with Crippen LogP contribution in [0.4, 0.5) is 0 Å². The van der Waals surface area contributed by atoms with Crippen LogP contribution < -0.4 is 14.8 Å². The summed E-state index contributed by atoms with van der Waals surface area (Å²) in [7, 11) is 1.61. The first kappa shape index (κ1) is 22.8. The van der Waals surface area contributed by atoms with Crippen LogP contribution in [0.5, 0.6) is 11.5 Å². The molecule has 33 heavy (non-hydrogen) atoms. The highest BCUT2D eigenvalue weighted by Crippen LogP contribution is 2.25. The first-order valence-corrected chi connectivity index (χ1v) is 11.1. The first-order valence-electron chi connectivity index (χ1n) is 11.1. The minimum absolute atomic E-state index is 0.0153. The molecule has 2 aromatic carbocycles. The third kappa shape index (κ3) is 5.71. The van der Waals surface area contributed by atoms with Gasteiger partial charge in [-0.2, -0.15) is 0 Å². The van der Waals surface area contributed by atoms with Gasteiger partial charge in [0.25, 0.3) is 5.91 Å². The maximum absolute atomic E-state index is 12.8. The van der Waals surface area contributed by atoms with Crippen LogP contribution in [0, 0.1) is 0 Å². The number of benzene rings is 2. The first-order chi connectivity index (χ1) is 16.2. The average Bonchev–Trinajstić information content (AvgIpc) is 3.36. The minimum atomic E-state index is -0.275. The Kier molecular flexibility index (Phi) is 7.59. The van der Waals surface area contributed by atoms with Gasteiger partial charge in [-0.1, -0.05) is 17.3 Å². The van der Waals surface area contributed by atoms with E-state index in [0.717, 1.165) is 35.7 Å². The molecule has 1 saturated heterocycles. The maximum Gasteiger partial charge on any atom is 0.273 e. The SMILES string of the molecule is CCOc1ccc(C(CNC(=O)c2cc(-c3ccc(OC)cc3)on2)N2CCOCC2)cc1. The predicted molar refractivity (Wildman–Crippen MR) is 124 cm³/mol. The van der Waals surface area contributed by atoms with Crippen LogP contribution in [0.15, 0.2) is 59.1 Å². The van der Waals surface area contributed by atoms with Crippen LogP contribution in [0.1, 0.15) is 29.0 Å². The van der Waals surface area contributed by atoms with Gasteiger partial charge in [-0.05, 0) is 48.9 Å². The van der Waals surface area contributed by atoms with Crippen LogP contribution in [0.25, 0.3) is 11.3 Å². The molecule has 0 aliphatic carbocycles. The van der Waals surface area contributed by atoms with Gasteiger partial charge in [0.1, 0.15) is 11.5 Å². The average molecular weight is 452 g/mol. The van der Waals surface area contributed by atoms with E-state index in [2.05, 4.69) is 27.5 Å². The van der Waals surface area contributed by atoms with Gasteiger partial charge in [-0.25, -0.2) is 0 Å². The number of amides is 1. The van der Waals surface area contributed by atoms with Crippen molar-refractivity contribution in [3.05, 3.63) is 65.9 Å². The predicted octanol–water partition coefficient (Wildman–Crippen LogP) is 3.55. The number of aromatic nitrogens is 1. The molecule has 8 heteroatoms. The highest BCUT2D eigenvalue weighted by Gasteiger charge is 2.24. The molecule has 8 nitrogen and oxygen atoms in total. The fourth-order valence-electron chi connectivity index (χ4n) is 3.85. The Morgan fingerprint density at radius 3 is 2.45 bits per heavy atom. The monoisotopic (exact) mass is 451 g/mol. The third-order valence-corrected chi connectivity index (χ3v) is 5.64. The van der Waals surface area contributed by atoms with Crippen molar-refractivity contribution in [2.75, 3.05) is 46.6 Å². The molecular formula is C25H29N3O5. The summed E-state index contributed by atoms with van der Waals surface area (Å²) in [6.45, 7) is 5.99. The molecule has 1 aliphatic rings. The van der Waals surface area contributed by atoms with Crippen molar-refractivity contribution in [2.24, 2.45) is 0 Å². The number of methoxy groups -OCH3 is 1. The summed E-state index contributed by atoms with van der Waals surface area (Å²) in [5.41, 5.74) is 2.18. The lowest BCUT2D eigenvalue weighted by Crippen LogP contribution is -2.43. The Morgan fingerprint density at radius 2 is 1.79 bits per heavy atom. The lowest BCUT2D eigenvalue weighted by molar-refractivity contribution is 0.0162. The summed E-state index contributed by atoms with van der Waals surface area (Å²) in [4.78, 5) is 15.2. The zero-order valence-corrected chi connectivity index (χ0v) is 19.0. The van der Waals surface area contributed by atoms with Crippen LogP contribution in [-0.4, -0.2) is 62.5 Å². The van der Waals surface area contributed by atoms with Crippen molar-refractivity contribution in [1.82, 2.24) is 15.4 Å². The molecule has 1 atom stereocenters. The van der Waals surface area contributed by atoms with Gasteiger partial charge < -0.3 is 24.1 Å². The summed E-state index contributed by atoms with van der Waals surface area (Å²) in [6, 6.07) is 17.1. The lowest BCUT2D eigenvalue weighted by Gasteiger charge is -2.35. The van der Waals surface area contributed by atoms with Gasteiger partial charge in [0.2, 0.25) is 0 Å². The summed E-state index contributed by atoms with van der Waals surface area (Å²) in [5.74, 6) is 1.83. The van der Waals surface area contributed by atoms with E-state index >= 15 is 0 Å². The molecule has 2 heterocycles. The smallest absolute Gasteiger partial charge is 0.273 e. The van der Waals surface area contributed by atoms with Crippen molar-refractivity contribution < 1.29 is 23.5 Å². The van der Waals surface area contributed by atoms with Crippen LogP contribution in [0.2, 0.25) is 0 Å². The molecule has 4 rings (SSSR count). The Morgan fingerprint density at radius 1 is 1.09 bits per heavy atom. The van der Waals surface area contributed by atoms with Crippen LogP contribution in [-0.2, 0) is 4.74 Å². The fraction of sp³-hybridized carbons (Fsp3) is 0.360. The second-order valence-electron chi connectivity index (χ2n) is 7.68. The molecule has 1 N–H and O–H groups in total. The molecular weight excluding hydrogens is 422 g/mol. The van der Waals surface area contributed by atoms with E-state index in [1.807, 2.05) is 43.3 Å². The standard InChI is InChI=1S/C25H29N3O5/c1-3-32-21-10-4-18(5-11-21)23(28-12-14-31-15-13-28)17-26-25(29)22-16-24(33-27-22)19-6-8-20(30-2)9-7-19/h4-11,16,23H,3,12-15,17H2,1-2H3,(H,26,29). The van der Waals surface area contributed by atoms with Crippen molar-refractivity contribution in [2.45, 2.75) is 13.0 Å². The fourth-order valence-corrected chi connectivity index (χ4v) is 3.85. The van der Waals surface area contributed by atoms with E-state index in [-0.39, 0.29) is 17.6 Å². The summed E-state index contributed by atoms with van der Waals surface area (Å²) in [6.07, 6.45) is 0. The van der Waals surface area contributed by atoms with Gasteiger partial charge in [-0.15, -0.1) is 0 Å². The molecule has 0 bridgehead atoms. The molecule has 1 unspecified atom stereocenters. The lowest BCUT2D eigenvalue weighted by atomic mass is 10.0. The van der Waals surface area contributed by atoms with Crippen molar-refractivity contribution in [3.8, 4) is 22.8 Å². The highest BCUT2D eigenvalue weighted by atomic mass is 16.5. The molecule has 1 amide bonds. The number of hydrogen-bond donors (Lipinski definition) is 1. The zero-order valence-electron chi connectivity index (χ0n) is 19.0. The van der Waals surface area contributed by atoms with E-state index in [4.69, 9.17) is 18.7 Å².